The van der Waals surface area contributed by atoms with Crippen molar-refractivity contribution in [2.24, 2.45) is 5.92 Å². The lowest BCUT2D eigenvalue weighted by atomic mass is 10.0. The molecule has 4 nitrogen and oxygen atoms in total. The Morgan fingerprint density at radius 1 is 1.50 bits per heavy atom. The van der Waals surface area contributed by atoms with Crippen molar-refractivity contribution in [1.29, 1.82) is 0 Å². The third-order valence-electron chi connectivity index (χ3n) is 2.16. The maximum atomic E-state index is 11.6. The van der Waals surface area contributed by atoms with Crippen LogP contribution >= 0.6 is 11.3 Å². The molecule has 0 unspecified atom stereocenters. The zero-order valence-electron chi connectivity index (χ0n) is 9.27. The second-order valence-electron chi connectivity index (χ2n) is 3.88. The molecule has 16 heavy (non-hydrogen) atoms. The fourth-order valence-corrected chi connectivity index (χ4v) is 2.01. The van der Waals surface area contributed by atoms with E-state index < -0.39 is 12.0 Å². The van der Waals surface area contributed by atoms with Gasteiger partial charge < -0.3 is 10.4 Å². The van der Waals surface area contributed by atoms with Gasteiger partial charge in [-0.3, -0.25) is 4.79 Å². The Bertz CT molecular complexity index is 359. The number of carbonyl (C=O) groups excluding carboxylic acids is 1. The first-order valence-corrected chi connectivity index (χ1v) is 5.93. The number of thiophene rings is 1. The average molecular weight is 241 g/mol. The number of rotatable bonds is 5. The van der Waals surface area contributed by atoms with Crippen molar-refractivity contribution in [3.8, 4) is 0 Å². The summed E-state index contributed by atoms with van der Waals surface area (Å²) in [6.45, 7) is 3.54. The number of carbonyl (C=O) groups is 2. The van der Waals surface area contributed by atoms with Crippen molar-refractivity contribution in [1.82, 2.24) is 5.32 Å². The van der Waals surface area contributed by atoms with E-state index in [1.165, 1.54) is 11.3 Å². The fourth-order valence-electron chi connectivity index (χ4n) is 1.31. The van der Waals surface area contributed by atoms with E-state index in [1.54, 1.807) is 13.8 Å². The molecule has 0 aromatic carbocycles. The van der Waals surface area contributed by atoms with Gasteiger partial charge in [-0.1, -0.05) is 19.9 Å². The average Bonchev–Trinajstić information content (AvgIpc) is 2.65. The molecule has 0 aliphatic heterocycles. The lowest BCUT2D eigenvalue weighted by molar-refractivity contribution is -0.143. The standard InChI is InChI=1S/C11H15NO3S/c1-7(2)10(11(14)15)12-9(13)6-8-4-3-5-16-8/h3-5,7,10H,6H2,1-2H3,(H,12,13)(H,14,15)/t10-/m0/s1. The van der Waals surface area contributed by atoms with E-state index in [0.29, 0.717) is 0 Å². The minimum atomic E-state index is -0.991. The van der Waals surface area contributed by atoms with Gasteiger partial charge in [0.05, 0.1) is 6.42 Å². The van der Waals surface area contributed by atoms with E-state index in [2.05, 4.69) is 5.32 Å². The summed E-state index contributed by atoms with van der Waals surface area (Å²) in [6, 6.07) is 2.91. The Morgan fingerprint density at radius 3 is 2.62 bits per heavy atom. The number of amides is 1. The van der Waals surface area contributed by atoms with Gasteiger partial charge in [-0.25, -0.2) is 4.79 Å². The first-order chi connectivity index (χ1) is 7.50. The Labute approximate surface area is 98.3 Å². The second kappa shape index (κ2) is 5.65. The maximum Gasteiger partial charge on any atom is 0.326 e. The maximum absolute atomic E-state index is 11.6. The topological polar surface area (TPSA) is 66.4 Å². The number of aliphatic carboxylic acids is 1. The van der Waals surface area contributed by atoms with Crippen LogP contribution in [0.3, 0.4) is 0 Å². The van der Waals surface area contributed by atoms with Gasteiger partial charge in [0.2, 0.25) is 5.91 Å². The van der Waals surface area contributed by atoms with Crippen LogP contribution in [0.4, 0.5) is 0 Å². The quantitative estimate of drug-likeness (QED) is 0.821. The van der Waals surface area contributed by atoms with Crippen LogP contribution in [0.1, 0.15) is 18.7 Å². The second-order valence-corrected chi connectivity index (χ2v) is 4.92. The van der Waals surface area contributed by atoms with E-state index in [1.807, 2.05) is 17.5 Å². The highest BCUT2D eigenvalue weighted by molar-refractivity contribution is 7.10. The normalized spacial score (nSPS) is 12.4. The van der Waals surface area contributed by atoms with Crippen molar-refractivity contribution in [2.45, 2.75) is 26.3 Å². The lowest BCUT2D eigenvalue weighted by Gasteiger charge is -2.17. The predicted octanol–water partition coefficient (Wildman–Crippen LogP) is 1.52. The van der Waals surface area contributed by atoms with Gasteiger partial charge in [0, 0.05) is 4.88 Å². The summed E-state index contributed by atoms with van der Waals surface area (Å²) in [7, 11) is 0. The summed E-state index contributed by atoms with van der Waals surface area (Å²) in [4.78, 5) is 23.4. The molecule has 1 amide bonds. The van der Waals surface area contributed by atoms with Crippen molar-refractivity contribution >= 4 is 23.2 Å². The highest BCUT2D eigenvalue weighted by atomic mass is 32.1. The summed E-state index contributed by atoms with van der Waals surface area (Å²) < 4.78 is 0. The molecule has 0 saturated heterocycles. The van der Waals surface area contributed by atoms with Crippen LogP contribution in [-0.2, 0) is 16.0 Å². The van der Waals surface area contributed by atoms with Gasteiger partial charge in [-0.2, -0.15) is 0 Å². The monoisotopic (exact) mass is 241 g/mol. The minimum Gasteiger partial charge on any atom is -0.480 e. The molecule has 1 heterocycles. The van der Waals surface area contributed by atoms with Crippen LogP contribution < -0.4 is 5.32 Å². The predicted molar refractivity (Wildman–Crippen MR) is 62.4 cm³/mol. The van der Waals surface area contributed by atoms with Gasteiger partial charge in [0.25, 0.3) is 0 Å². The van der Waals surface area contributed by atoms with E-state index in [4.69, 9.17) is 5.11 Å². The Balaban J connectivity index is 2.52. The highest BCUT2D eigenvalue weighted by Gasteiger charge is 2.23. The Hall–Kier alpha value is -1.36. The van der Waals surface area contributed by atoms with E-state index in [9.17, 15) is 9.59 Å². The van der Waals surface area contributed by atoms with Gasteiger partial charge in [0.15, 0.2) is 0 Å². The third kappa shape index (κ3) is 3.66. The fraction of sp³-hybridized carbons (Fsp3) is 0.455. The summed E-state index contributed by atoms with van der Waals surface area (Å²) in [5.74, 6) is -1.36. The van der Waals surface area contributed by atoms with Crippen LogP contribution in [0.5, 0.6) is 0 Å². The summed E-state index contributed by atoms with van der Waals surface area (Å²) >= 11 is 1.49. The minimum absolute atomic E-state index is 0.121. The molecule has 0 fully saturated rings. The summed E-state index contributed by atoms with van der Waals surface area (Å²) in [5, 5.41) is 13.3. The van der Waals surface area contributed by atoms with Gasteiger partial charge in [-0.05, 0) is 17.4 Å². The molecule has 0 bridgehead atoms. The van der Waals surface area contributed by atoms with Crippen LogP contribution in [0, 0.1) is 5.92 Å². The molecule has 2 N–H and O–H groups in total. The SMILES string of the molecule is CC(C)[C@H](NC(=O)Cc1cccs1)C(=O)O. The van der Waals surface area contributed by atoms with Gasteiger partial charge in [0.1, 0.15) is 6.04 Å². The number of carboxylic acids is 1. The molecule has 0 saturated carbocycles. The number of hydrogen-bond donors (Lipinski definition) is 2. The van der Waals surface area contributed by atoms with E-state index in [0.717, 1.165) is 4.88 Å². The zero-order valence-corrected chi connectivity index (χ0v) is 10.1. The van der Waals surface area contributed by atoms with Crippen molar-refractivity contribution in [3.63, 3.8) is 0 Å². The summed E-state index contributed by atoms with van der Waals surface area (Å²) in [6.07, 6.45) is 0.244. The van der Waals surface area contributed by atoms with Gasteiger partial charge in [-0.15, -0.1) is 11.3 Å². The van der Waals surface area contributed by atoms with Crippen LogP contribution in [0.15, 0.2) is 17.5 Å². The molecule has 0 spiro atoms. The third-order valence-corrected chi connectivity index (χ3v) is 3.04. The number of hydrogen-bond acceptors (Lipinski definition) is 3. The van der Waals surface area contributed by atoms with E-state index >= 15 is 0 Å². The molecule has 1 aromatic rings. The first kappa shape index (κ1) is 12.7. The van der Waals surface area contributed by atoms with Crippen LogP contribution in [0.2, 0.25) is 0 Å². The molecular formula is C11H15NO3S. The molecular weight excluding hydrogens is 226 g/mol. The lowest BCUT2D eigenvalue weighted by Crippen LogP contribution is -2.44. The van der Waals surface area contributed by atoms with Crippen LogP contribution in [-0.4, -0.2) is 23.0 Å². The molecule has 0 aliphatic rings. The molecule has 0 radical (unpaired) electrons. The van der Waals surface area contributed by atoms with Gasteiger partial charge >= 0.3 is 5.97 Å². The molecule has 5 heteroatoms. The molecule has 88 valence electrons. The number of nitrogens with one attached hydrogen (secondary N) is 1. The van der Waals surface area contributed by atoms with Crippen molar-refractivity contribution in [3.05, 3.63) is 22.4 Å². The largest absolute Gasteiger partial charge is 0.480 e. The smallest absolute Gasteiger partial charge is 0.326 e. The van der Waals surface area contributed by atoms with E-state index in [-0.39, 0.29) is 18.2 Å². The Kier molecular flexibility index (Phi) is 4.49. The van der Waals surface area contributed by atoms with Crippen molar-refractivity contribution < 1.29 is 14.7 Å². The highest BCUT2D eigenvalue weighted by Crippen LogP contribution is 2.09. The first-order valence-electron chi connectivity index (χ1n) is 5.05. The molecule has 1 atom stereocenters. The Morgan fingerprint density at radius 2 is 2.19 bits per heavy atom. The summed E-state index contributed by atoms with van der Waals surface area (Å²) in [5.41, 5.74) is 0. The zero-order chi connectivity index (χ0) is 12.1. The molecule has 1 rings (SSSR count). The van der Waals surface area contributed by atoms with Crippen LogP contribution in [0.25, 0.3) is 0 Å². The number of carboxylic acid groups (broad SMARTS) is 1. The molecule has 1 aromatic heterocycles. The molecule has 0 aliphatic carbocycles. The van der Waals surface area contributed by atoms with Crippen molar-refractivity contribution in [2.75, 3.05) is 0 Å².